The maximum absolute atomic E-state index is 12.5. The van der Waals surface area contributed by atoms with E-state index in [1.165, 1.54) is 12.5 Å². The average Bonchev–Trinajstić information content (AvgIpc) is 3.04. The Morgan fingerprint density at radius 3 is 2.96 bits per heavy atom. The number of hydrogen-bond acceptors (Lipinski definition) is 5. The van der Waals surface area contributed by atoms with Crippen LogP contribution >= 0.6 is 0 Å². The van der Waals surface area contributed by atoms with Crippen molar-refractivity contribution in [2.75, 3.05) is 19.3 Å². The summed E-state index contributed by atoms with van der Waals surface area (Å²) in [4.78, 5) is 18.6. The molecule has 0 aromatic carbocycles. The second-order valence-electron chi connectivity index (χ2n) is 6.19. The molecule has 1 saturated heterocycles. The minimum Gasteiger partial charge on any atom is -0.338 e. The summed E-state index contributed by atoms with van der Waals surface area (Å²) < 4.78 is 23.6. The van der Waals surface area contributed by atoms with E-state index in [-0.39, 0.29) is 16.7 Å². The van der Waals surface area contributed by atoms with Gasteiger partial charge in [-0.25, -0.2) is 8.42 Å². The number of H-pyrrole nitrogens is 1. The van der Waals surface area contributed by atoms with Crippen molar-refractivity contribution in [1.82, 2.24) is 20.1 Å². The van der Waals surface area contributed by atoms with Gasteiger partial charge < -0.3 is 4.90 Å². The fourth-order valence-corrected chi connectivity index (χ4v) is 3.96. The number of aromatic amines is 1. The first-order valence-electron chi connectivity index (χ1n) is 7.87. The van der Waals surface area contributed by atoms with Crippen LogP contribution < -0.4 is 0 Å². The molecular weight excluding hydrogens is 328 g/mol. The van der Waals surface area contributed by atoms with Crippen molar-refractivity contribution in [2.45, 2.75) is 24.2 Å². The lowest BCUT2D eigenvalue weighted by atomic mass is 9.93. The van der Waals surface area contributed by atoms with Gasteiger partial charge in [0.15, 0.2) is 9.84 Å². The Labute approximate surface area is 141 Å². The van der Waals surface area contributed by atoms with E-state index in [1.807, 2.05) is 4.90 Å². The Balaban J connectivity index is 1.71. The van der Waals surface area contributed by atoms with Gasteiger partial charge in [0.2, 0.25) is 0 Å². The zero-order valence-electron chi connectivity index (χ0n) is 13.5. The molecule has 3 rings (SSSR count). The summed E-state index contributed by atoms with van der Waals surface area (Å²) in [5.74, 6) is 0.182. The third-order valence-electron chi connectivity index (χ3n) is 4.29. The summed E-state index contributed by atoms with van der Waals surface area (Å²) >= 11 is 0. The second-order valence-corrected chi connectivity index (χ2v) is 8.17. The number of hydrogen-bond donors (Lipinski definition) is 1. The van der Waals surface area contributed by atoms with Crippen LogP contribution in [-0.2, 0) is 16.3 Å². The molecule has 2 aromatic rings. The number of pyridine rings is 1. The predicted molar refractivity (Wildman–Crippen MR) is 88.3 cm³/mol. The maximum atomic E-state index is 12.5. The summed E-state index contributed by atoms with van der Waals surface area (Å²) in [6, 6.07) is 3.51. The van der Waals surface area contributed by atoms with Crippen LogP contribution in [0.3, 0.4) is 0 Å². The Bertz CT molecular complexity index is 817. The van der Waals surface area contributed by atoms with Gasteiger partial charge >= 0.3 is 0 Å². The fourth-order valence-electron chi connectivity index (χ4n) is 3.14. The Morgan fingerprint density at radius 2 is 2.25 bits per heavy atom. The van der Waals surface area contributed by atoms with Crippen molar-refractivity contribution in [3.63, 3.8) is 0 Å². The number of amides is 1. The molecule has 0 spiro atoms. The highest BCUT2D eigenvalue weighted by molar-refractivity contribution is 7.90. The first-order chi connectivity index (χ1) is 11.4. The van der Waals surface area contributed by atoms with E-state index in [2.05, 4.69) is 15.2 Å². The lowest BCUT2D eigenvalue weighted by molar-refractivity contribution is 0.0672. The van der Waals surface area contributed by atoms with Crippen LogP contribution in [0.25, 0.3) is 0 Å². The minimum absolute atomic E-state index is 0.0271. The molecule has 1 amide bonds. The highest BCUT2D eigenvalue weighted by atomic mass is 32.2. The molecule has 0 radical (unpaired) electrons. The lowest BCUT2D eigenvalue weighted by Gasteiger charge is -2.32. The number of carbonyl (C=O) groups excluding carboxylic acids is 1. The van der Waals surface area contributed by atoms with E-state index in [0.29, 0.717) is 30.8 Å². The summed E-state index contributed by atoms with van der Waals surface area (Å²) in [5.41, 5.74) is 1.20. The second kappa shape index (κ2) is 6.72. The maximum Gasteiger partial charge on any atom is 0.255 e. The average molecular weight is 348 g/mol. The van der Waals surface area contributed by atoms with E-state index in [4.69, 9.17) is 0 Å². The topological polar surface area (TPSA) is 96.0 Å². The van der Waals surface area contributed by atoms with Crippen LogP contribution in [0, 0.1) is 5.92 Å². The molecule has 0 saturated carbocycles. The normalized spacial score (nSPS) is 18.5. The van der Waals surface area contributed by atoms with Crippen LogP contribution in [0.4, 0.5) is 0 Å². The van der Waals surface area contributed by atoms with Crippen LogP contribution in [0.5, 0.6) is 0 Å². The summed E-state index contributed by atoms with van der Waals surface area (Å²) in [6.07, 6.45) is 8.17. The van der Waals surface area contributed by atoms with Crippen molar-refractivity contribution >= 4 is 15.7 Å². The van der Waals surface area contributed by atoms with Gasteiger partial charge in [-0.3, -0.25) is 14.9 Å². The van der Waals surface area contributed by atoms with Gasteiger partial charge in [-0.05, 0) is 37.3 Å². The van der Waals surface area contributed by atoms with Crippen molar-refractivity contribution < 1.29 is 13.2 Å². The Morgan fingerprint density at radius 1 is 1.42 bits per heavy atom. The molecule has 2 aromatic heterocycles. The molecular formula is C16H20N4O3S. The summed E-state index contributed by atoms with van der Waals surface area (Å²) in [7, 11) is -3.30. The molecule has 128 valence electrons. The molecule has 0 aliphatic carbocycles. The summed E-state index contributed by atoms with van der Waals surface area (Å²) in [6.45, 7) is 1.32. The molecule has 0 bridgehead atoms. The molecule has 1 aliphatic heterocycles. The van der Waals surface area contributed by atoms with Crippen LogP contribution in [0.1, 0.15) is 28.9 Å². The fraction of sp³-hybridized carbons (Fsp3) is 0.438. The molecule has 24 heavy (non-hydrogen) atoms. The van der Waals surface area contributed by atoms with E-state index in [1.54, 1.807) is 24.5 Å². The first kappa shape index (κ1) is 16.6. The molecule has 1 N–H and O–H groups in total. The number of carbonyl (C=O) groups is 1. The zero-order valence-corrected chi connectivity index (χ0v) is 14.3. The van der Waals surface area contributed by atoms with Gasteiger partial charge in [0, 0.05) is 31.7 Å². The van der Waals surface area contributed by atoms with Crippen molar-refractivity contribution in [1.29, 1.82) is 0 Å². The van der Waals surface area contributed by atoms with Crippen molar-refractivity contribution in [3.8, 4) is 0 Å². The third kappa shape index (κ3) is 3.64. The minimum atomic E-state index is -3.30. The van der Waals surface area contributed by atoms with Gasteiger partial charge in [0.1, 0.15) is 4.90 Å². The van der Waals surface area contributed by atoms with Crippen molar-refractivity contribution in [3.05, 3.63) is 42.0 Å². The first-order valence-corrected chi connectivity index (χ1v) is 9.76. The van der Waals surface area contributed by atoms with Gasteiger partial charge in [-0.2, -0.15) is 5.10 Å². The number of nitrogens with zero attached hydrogens (tertiary/aromatic N) is 3. The number of sulfone groups is 1. The number of likely N-dealkylation sites (tertiary alicyclic amines) is 1. The molecule has 1 atom stereocenters. The Hall–Kier alpha value is -2.22. The predicted octanol–water partition coefficient (Wildman–Crippen LogP) is 1.30. The molecule has 3 heterocycles. The summed E-state index contributed by atoms with van der Waals surface area (Å²) in [5, 5.41) is 6.66. The molecule has 1 fully saturated rings. The van der Waals surface area contributed by atoms with E-state index >= 15 is 0 Å². The molecule has 8 heteroatoms. The van der Waals surface area contributed by atoms with Gasteiger partial charge in [-0.1, -0.05) is 0 Å². The largest absolute Gasteiger partial charge is 0.338 e. The number of rotatable bonds is 4. The van der Waals surface area contributed by atoms with Gasteiger partial charge in [0.05, 0.1) is 17.5 Å². The number of aromatic nitrogens is 3. The Kier molecular flexibility index (Phi) is 4.66. The van der Waals surface area contributed by atoms with E-state index in [0.717, 1.165) is 12.8 Å². The molecule has 7 nitrogen and oxygen atoms in total. The lowest BCUT2D eigenvalue weighted by Crippen LogP contribution is -2.40. The smallest absolute Gasteiger partial charge is 0.255 e. The van der Waals surface area contributed by atoms with E-state index in [9.17, 15) is 13.2 Å². The highest BCUT2D eigenvalue weighted by Crippen LogP contribution is 2.24. The van der Waals surface area contributed by atoms with Gasteiger partial charge in [-0.15, -0.1) is 0 Å². The number of piperidine rings is 1. The number of nitrogens with one attached hydrogen (secondary N) is 1. The third-order valence-corrected chi connectivity index (χ3v) is 5.44. The molecule has 0 unspecified atom stereocenters. The van der Waals surface area contributed by atoms with Crippen LogP contribution in [0.2, 0.25) is 0 Å². The molecule has 1 aliphatic rings. The van der Waals surface area contributed by atoms with Crippen LogP contribution in [0.15, 0.2) is 35.6 Å². The van der Waals surface area contributed by atoms with Crippen LogP contribution in [-0.4, -0.2) is 53.8 Å². The van der Waals surface area contributed by atoms with Crippen molar-refractivity contribution in [2.24, 2.45) is 5.92 Å². The zero-order chi connectivity index (χ0) is 17.2. The monoisotopic (exact) mass is 348 g/mol. The van der Waals surface area contributed by atoms with E-state index < -0.39 is 9.84 Å². The quantitative estimate of drug-likeness (QED) is 0.898. The van der Waals surface area contributed by atoms with Gasteiger partial charge in [0.25, 0.3) is 5.91 Å². The highest BCUT2D eigenvalue weighted by Gasteiger charge is 2.27. The standard InChI is InChI=1S/C16H20N4O3S/c1-24(22,23)15-10-18-19-14(15)8-12-4-3-7-20(11-12)16(21)13-5-2-6-17-9-13/h2,5-6,9-10,12H,3-4,7-8,11H2,1H3,(H,18,19)/t12-/m0/s1. The SMILES string of the molecule is CS(=O)(=O)c1cn[nH]c1C[C@@H]1CCCN(C(=O)c2cccnc2)C1.